The minimum Gasteiger partial charge on any atom is -0.388 e. The Morgan fingerprint density at radius 2 is 2.11 bits per heavy atom. The number of rotatable bonds is 4. The number of aliphatic hydroxyl groups excluding tert-OH is 1. The van der Waals surface area contributed by atoms with Crippen molar-refractivity contribution >= 4 is 0 Å². The molecule has 0 radical (unpaired) electrons. The van der Waals surface area contributed by atoms with Crippen LogP contribution in [0.3, 0.4) is 0 Å². The molecular formula is C16H24FNO. The van der Waals surface area contributed by atoms with Crippen LogP contribution in [0.5, 0.6) is 0 Å². The summed E-state index contributed by atoms with van der Waals surface area (Å²) < 4.78 is 13.6. The lowest BCUT2D eigenvalue weighted by Gasteiger charge is -2.27. The van der Waals surface area contributed by atoms with E-state index in [9.17, 15) is 9.50 Å². The molecule has 3 heteroatoms. The highest BCUT2D eigenvalue weighted by Crippen LogP contribution is 2.22. The molecule has 2 atom stereocenters. The lowest BCUT2D eigenvalue weighted by atomic mass is 10.1. The van der Waals surface area contributed by atoms with Gasteiger partial charge in [-0.2, -0.15) is 0 Å². The van der Waals surface area contributed by atoms with Crippen LogP contribution in [0.25, 0.3) is 0 Å². The Labute approximate surface area is 115 Å². The van der Waals surface area contributed by atoms with E-state index in [1.807, 2.05) is 0 Å². The van der Waals surface area contributed by atoms with E-state index in [2.05, 4.69) is 11.8 Å². The normalized spacial score (nSPS) is 23.0. The molecule has 19 heavy (non-hydrogen) atoms. The van der Waals surface area contributed by atoms with Gasteiger partial charge in [0.15, 0.2) is 0 Å². The summed E-state index contributed by atoms with van der Waals surface area (Å²) in [5, 5.41) is 10.1. The maximum atomic E-state index is 13.6. The van der Waals surface area contributed by atoms with Crippen LogP contribution in [0.15, 0.2) is 24.3 Å². The molecule has 1 saturated heterocycles. The fourth-order valence-corrected chi connectivity index (χ4v) is 2.86. The molecular weight excluding hydrogens is 241 g/mol. The summed E-state index contributed by atoms with van der Waals surface area (Å²) in [6.07, 6.45) is 4.97. The fraction of sp³-hybridized carbons (Fsp3) is 0.625. The van der Waals surface area contributed by atoms with Crippen molar-refractivity contribution in [2.75, 3.05) is 13.1 Å². The van der Waals surface area contributed by atoms with Crippen LogP contribution in [0.4, 0.5) is 4.39 Å². The third-order valence-corrected chi connectivity index (χ3v) is 4.14. The van der Waals surface area contributed by atoms with Gasteiger partial charge in [-0.15, -0.1) is 0 Å². The number of aliphatic hydroxyl groups is 1. The van der Waals surface area contributed by atoms with E-state index in [1.165, 1.54) is 31.7 Å². The second-order valence-electron chi connectivity index (χ2n) is 5.56. The smallest absolute Gasteiger partial charge is 0.128 e. The van der Waals surface area contributed by atoms with Crippen LogP contribution in [-0.2, 0) is 0 Å². The van der Waals surface area contributed by atoms with Crippen molar-refractivity contribution in [3.63, 3.8) is 0 Å². The third-order valence-electron chi connectivity index (χ3n) is 4.14. The highest BCUT2D eigenvalue weighted by Gasteiger charge is 2.19. The highest BCUT2D eigenvalue weighted by molar-refractivity contribution is 5.19. The maximum Gasteiger partial charge on any atom is 0.128 e. The number of benzene rings is 1. The molecule has 1 aliphatic heterocycles. The Morgan fingerprint density at radius 3 is 2.89 bits per heavy atom. The first-order valence-electron chi connectivity index (χ1n) is 7.35. The quantitative estimate of drug-likeness (QED) is 0.900. The first-order chi connectivity index (χ1) is 9.18. The molecule has 0 bridgehead atoms. The monoisotopic (exact) mass is 265 g/mol. The van der Waals surface area contributed by atoms with E-state index in [0.717, 1.165) is 13.1 Å². The highest BCUT2D eigenvalue weighted by atomic mass is 19.1. The maximum absolute atomic E-state index is 13.6. The zero-order valence-corrected chi connectivity index (χ0v) is 11.7. The Hall–Kier alpha value is -0.930. The summed E-state index contributed by atoms with van der Waals surface area (Å²) in [6, 6.07) is 7.09. The molecule has 2 nitrogen and oxygen atoms in total. The molecule has 0 saturated carbocycles. The molecule has 106 valence electrons. The molecule has 1 aromatic carbocycles. The van der Waals surface area contributed by atoms with Gasteiger partial charge in [-0.3, -0.25) is 0 Å². The molecule has 2 rings (SSSR count). The van der Waals surface area contributed by atoms with Gasteiger partial charge in [-0.1, -0.05) is 31.0 Å². The molecule has 1 aliphatic rings. The van der Waals surface area contributed by atoms with Crippen molar-refractivity contribution in [2.24, 2.45) is 0 Å². The first kappa shape index (κ1) is 14.5. The van der Waals surface area contributed by atoms with Crippen LogP contribution in [0.2, 0.25) is 0 Å². The number of hydrogen-bond acceptors (Lipinski definition) is 2. The molecule has 0 spiro atoms. The molecule has 2 unspecified atom stereocenters. The van der Waals surface area contributed by atoms with Gasteiger partial charge in [-0.05, 0) is 38.8 Å². The second-order valence-corrected chi connectivity index (χ2v) is 5.56. The number of hydrogen-bond donors (Lipinski definition) is 1. The predicted molar refractivity (Wildman–Crippen MR) is 75.5 cm³/mol. The summed E-state index contributed by atoms with van der Waals surface area (Å²) in [6.45, 7) is 4.20. The van der Waals surface area contributed by atoms with E-state index in [1.54, 1.807) is 18.2 Å². The van der Waals surface area contributed by atoms with Crippen molar-refractivity contribution in [1.82, 2.24) is 4.90 Å². The van der Waals surface area contributed by atoms with Crippen molar-refractivity contribution in [1.29, 1.82) is 0 Å². The van der Waals surface area contributed by atoms with Crippen molar-refractivity contribution in [3.05, 3.63) is 35.6 Å². The summed E-state index contributed by atoms with van der Waals surface area (Å²) >= 11 is 0. The molecule has 1 fully saturated rings. The SMILES string of the molecule is CC1CCCCCN1CCC(O)c1ccccc1F. The fourth-order valence-electron chi connectivity index (χ4n) is 2.86. The van der Waals surface area contributed by atoms with E-state index < -0.39 is 6.10 Å². The summed E-state index contributed by atoms with van der Waals surface area (Å²) in [4.78, 5) is 2.43. The van der Waals surface area contributed by atoms with Gasteiger partial charge in [0.25, 0.3) is 0 Å². The topological polar surface area (TPSA) is 23.5 Å². The van der Waals surface area contributed by atoms with Gasteiger partial charge >= 0.3 is 0 Å². The van der Waals surface area contributed by atoms with E-state index in [-0.39, 0.29) is 5.82 Å². The van der Waals surface area contributed by atoms with Crippen LogP contribution in [0.1, 0.15) is 50.7 Å². The second kappa shape index (κ2) is 7.01. The minimum atomic E-state index is -0.698. The van der Waals surface area contributed by atoms with E-state index >= 15 is 0 Å². The number of nitrogens with zero attached hydrogens (tertiary/aromatic N) is 1. The van der Waals surface area contributed by atoms with Gasteiger partial charge < -0.3 is 10.0 Å². The average molecular weight is 265 g/mol. The Bertz CT molecular complexity index is 396. The Morgan fingerprint density at radius 1 is 1.32 bits per heavy atom. The molecule has 1 N–H and O–H groups in total. The number of likely N-dealkylation sites (tertiary alicyclic amines) is 1. The van der Waals surface area contributed by atoms with Crippen molar-refractivity contribution < 1.29 is 9.50 Å². The lowest BCUT2D eigenvalue weighted by molar-refractivity contribution is 0.125. The van der Waals surface area contributed by atoms with E-state index in [4.69, 9.17) is 0 Å². The van der Waals surface area contributed by atoms with Gasteiger partial charge in [0.1, 0.15) is 5.82 Å². The first-order valence-corrected chi connectivity index (χ1v) is 7.35. The summed E-state index contributed by atoms with van der Waals surface area (Å²) in [5.74, 6) is -0.307. The standard InChI is InChI=1S/C16H24FNO/c1-13-7-3-2-6-11-18(13)12-10-16(19)14-8-4-5-9-15(14)17/h4-5,8-9,13,16,19H,2-3,6-7,10-12H2,1H3. The van der Waals surface area contributed by atoms with Crippen LogP contribution < -0.4 is 0 Å². The van der Waals surface area contributed by atoms with Gasteiger partial charge in [0.05, 0.1) is 6.10 Å². The Kier molecular flexibility index (Phi) is 5.34. The van der Waals surface area contributed by atoms with Gasteiger partial charge in [0.2, 0.25) is 0 Å². The molecule has 0 amide bonds. The van der Waals surface area contributed by atoms with Gasteiger partial charge in [-0.25, -0.2) is 4.39 Å². The van der Waals surface area contributed by atoms with Crippen LogP contribution in [0, 0.1) is 5.82 Å². The van der Waals surface area contributed by atoms with Gasteiger partial charge in [0, 0.05) is 18.2 Å². The number of halogens is 1. The molecule has 1 heterocycles. The average Bonchev–Trinajstić information content (AvgIpc) is 2.61. The molecule has 0 aliphatic carbocycles. The zero-order chi connectivity index (χ0) is 13.7. The van der Waals surface area contributed by atoms with Crippen LogP contribution in [-0.4, -0.2) is 29.1 Å². The Balaban J connectivity index is 1.89. The predicted octanol–water partition coefficient (Wildman–Crippen LogP) is 3.51. The third kappa shape index (κ3) is 4.02. The lowest BCUT2D eigenvalue weighted by Crippen LogP contribution is -2.34. The summed E-state index contributed by atoms with van der Waals surface area (Å²) in [5.41, 5.74) is 0.421. The summed E-state index contributed by atoms with van der Waals surface area (Å²) in [7, 11) is 0. The van der Waals surface area contributed by atoms with Crippen molar-refractivity contribution in [2.45, 2.75) is 51.2 Å². The molecule has 0 aromatic heterocycles. The van der Waals surface area contributed by atoms with Crippen molar-refractivity contribution in [3.8, 4) is 0 Å². The largest absolute Gasteiger partial charge is 0.388 e. The zero-order valence-electron chi connectivity index (χ0n) is 11.7. The minimum absolute atomic E-state index is 0.307. The molecule has 1 aromatic rings. The van der Waals surface area contributed by atoms with E-state index in [0.29, 0.717) is 18.0 Å². The van der Waals surface area contributed by atoms with Crippen LogP contribution >= 0.6 is 0 Å².